The van der Waals surface area contributed by atoms with Crippen LogP contribution >= 0.6 is 80.4 Å². The van der Waals surface area contributed by atoms with E-state index in [0.29, 0.717) is 0 Å². The van der Waals surface area contributed by atoms with Gasteiger partial charge in [0.1, 0.15) is 6.69 Å². The van der Waals surface area contributed by atoms with E-state index in [9.17, 15) is 0 Å². The molecule has 0 fully saturated rings. The van der Waals surface area contributed by atoms with Gasteiger partial charge in [0, 0.05) is 10.7 Å². The molecule has 17 heavy (non-hydrogen) atoms. The highest BCUT2D eigenvalue weighted by atomic mass is 79.9. The first kappa shape index (κ1) is 24.5. The molecule has 0 unspecified atom stereocenters. The first-order valence-corrected chi connectivity index (χ1v) is 18.2. The molecule has 0 heterocycles. The fourth-order valence-corrected chi connectivity index (χ4v) is 2.85. The Morgan fingerprint density at radius 1 is 1.12 bits per heavy atom. The van der Waals surface area contributed by atoms with E-state index in [1.807, 2.05) is 0 Å². The molecule has 0 atom stereocenters. The van der Waals surface area contributed by atoms with Crippen LogP contribution in [0.5, 0.6) is 0 Å². The largest absolute Gasteiger partial charge is 0.341 e. The van der Waals surface area contributed by atoms with Gasteiger partial charge in [-0.15, -0.1) is 55.1 Å². The van der Waals surface area contributed by atoms with Gasteiger partial charge >= 0.3 is 6.00 Å². The minimum Gasteiger partial charge on any atom is -0.127 e. The highest BCUT2D eigenvalue weighted by molar-refractivity contribution is 9.26. The molecule has 0 aromatic carbocycles. The Labute approximate surface area is 147 Å². The standard InChI is InChI=1S/C3H6BrCl3Si.C3H9BrSi.C3H5Br/c4-2-1-3-8(5,6)7;1-5(2,3)4;1-2-3-4/h1-3H2;1-3H3;2H,1,3H2. The van der Waals surface area contributed by atoms with Gasteiger partial charge in [-0.2, -0.15) is 0 Å². The van der Waals surface area contributed by atoms with Crippen molar-refractivity contribution in [3.8, 4) is 0 Å². The zero-order chi connectivity index (χ0) is 14.5. The summed E-state index contributed by atoms with van der Waals surface area (Å²) in [5, 5.41) is 1.82. The van der Waals surface area contributed by atoms with Crippen LogP contribution in [0.15, 0.2) is 12.7 Å². The molecule has 0 rings (SSSR count). The van der Waals surface area contributed by atoms with Crippen molar-refractivity contribution in [2.75, 3.05) is 10.7 Å². The van der Waals surface area contributed by atoms with Gasteiger partial charge in [-0.3, -0.25) is 0 Å². The van der Waals surface area contributed by atoms with Gasteiger partial charge in [0.05, 0.1) is 0 Å². The van der Waals surface area contributed by atoms with Crippen molar-refractivity contribution in [2.24, 2.45) is 0 Å². The highest BCUT2D eigenvalue weighted by Gasteiger charge is 2.23. The van der Waals surface area contributed by atoms with Gasteiger partial charge in [-0.1, -0.05) is 57.6 Å². The molecule has 106 valence electrons. The summed E-state index contributed by atoms with van der Waals surface area (Å²) in [5.41, 5.74) is 0. The molecule has 0 amide bonds. The van der Waals surface area contributed by atoms with E-state index in [2.05, 4.69) is 73.4 Å². The Bertz CT molecular complexity index is 164. The summed E-state index contributed by atoms with van der Waals surface area (Å²) in [4.78, 5) is 0. The van der Waals surface area contributed by atoms with Gasteiger partial charge in [-0.05, 0) is 12.5 Å². The monoisotopic (exact) mass is 526 g/mol. The molecule has 0 aliphatic rings. The van der Waals surface area contributed by atoms with E-state index in [1.54, 1.807) is 6.08 Å². The lowest BCUT2D eigenvalue weighted by molar-refractivity contribution is 1.10. The van der Waals surface area contributed by atoms with Gasteiger partial charge in [-0.25, -0.2) is 0 Å². The van der Waals surface area contributed by atoms with Gasteiger partial charge in [0.25, 0.3) is 0 Å². The fraction of sp³-hybridized carbons (Fsp3) is 0.778. The summed E-state index contributed by atoms with van der Waals surface area (Å²) >= 11 is 26.6. The summed E-state index contributed by atoms with van der Waals surface area (Å²) in [7, 11) is 0. The minimum atomic E-state index is -2.29. The van der Waals surface area contributed by atoms with Crippen LogP contribution < -0.4 is 0 Å². The van der Waals surface area contributed by atoms with Crippen LogP contribution in [0.2, 0.25) is 25.7 Å². The van der Waals surface area contributed by atoms with Crippen LogP contribution in [0, 0.1) is 0 Å². The third kappa shape index (κ3) is 69.8. The summed E-state index contributed by atoms with van der Waals surface area (Å²) < 4.78 is 0. The summed E-state index contributed by atoms with van der Waals surface area (Å²) in [6.45, 7) is 9.36. The number of alkyl halides is 2. The van der Waals surface area contributed by atoms with Crippen LogP contribution in [0.1, 0.15) is 6.42 Å². The Balaban J connectivity index is -0.000000188. The van der Waals surface area contributed by atoms with Gasteiger partial charge < -0.3 is 0 Å². The number of halogens is 6. The third-order valence-electron chi connectivity index (χ3n) is 0.703. The molecule has 0 N–H and O–H groups in total. The molecular formula is C9H20Br3Cl3Si2. The Morgan fingerprint density at radius 3 is 1.47 bits per heavy atom. The second-order valence-corrected chi connectivity index (χ2v) is 25.9. The SMILES string of the molecule is C=CCBr.C[Si](C)(C)Br.Cl[Si](Cl)(Cl)CCCBr. The van der Waals surface area contributed by atoms with Gasteiger partial charge in [0.2, 0.25) is 0 Å². The van der Waals surface area contributed by atoms with E-state index < -0.39 is 12.7 Å². The molecule has 0 radical (unpaired) electrons. The lowest BCUT2D eigenvalue weighted by atomic mass is 10.6. The lowest BCUT2D eigenvalue weighted by Gasteiger charge is -2.03. The molecule has 0 aromatic rings. The predicted molar refractivity (Wildman–Crippen MR) is 103 cm³/mol. The van der Waals surface area contributed by atoms with Crippen LogP contribution in [-0.4, -0.2) is 23.4 Å². The zero-order valence-corrected chi connectivity index (χ0v) is 19.4. The van der Waals surface area contributed by atoms with Crippen molar-refractivity contribution in [1.82, 2.24) is 0 Å². The molecule has 0 saturated carbocycles. The van der Waals surface area contributed by atoms with Crippen molar-refractivity contribution in [2.45, 2.75) is 32.1 Å². The quantitative estimate of drug-likeness (QED) is 0.156. The molecule has 0 nitrogen and oxygen atoms in total. The number of hydrogen-bond acceptors (Lipinski definition) is 0. The van der Waals surface area contributed by atoms with E-state index in [4.69, 9.17) is 33.2 Å². The smallest absolute Gasteiger partial charge is 0.127 e. The van der Waals surface area contributed by atoms with Crippen molar-refractivity contribution in [3.05, 3.63) is 12.7 Å². The maximum absolute atomic E-state index is 5.56. The molecule has 0 saturated heterocycles. The van der Waals surface area contributed by atoms with Crippen molar-refractivity contribution in [3.63, 3.8) is 0 Å². The van der Waals surface area contributed by atoms with E-state index in [0.717, 1.165) is 23.1 Å². The summed E-state index contributed by atoms with van der Waals surface area (Å²) in [6.07, 6.45) is 2.75. The average Bonchev–Trinajstić information content (AvgIpc) is 2.11. The van der Waals surface area contributed by atoms with Crippen LogP contribution in [0.25, 0.3) is 0 Å². The van der Waals surface area contributed by atoms with Crippen molar-refractivity contribution < 1.29 is 0 Å². The maximum Gasteiger partial charge on any atom is 0.341 e. The fourth-order valence-electron chi connectivity index (χ4n) is 0.267. The topological polar surface area (TPSA) is 0 Å². The molecule has 0 bridgehead atoms. The number of rotatable bonds is 4. The highest BCUT2D eigenvalue weighted by Crippen LogP contribution is 2.26. The molecule has 8 heteroatoms. The Kier molecular flexibility index (Phi) is 21.4. The lowest BCUT2D eigenvalue weighted by Crippen LogP contribution is -2.07. The number of hydrogen-bond donors (Lipinski definition) is 0. The molecule has 0 aliphatic carbocycles. The van der Waals surface area contributed by atoms with E-state index in [-0.39, 0.29) is 0 Å². The maximum atomic E-state index is 5.56. The van der Waals surface area contributed by atoms with Crippen molar-refractivity contribution >= 4 is 93.1 Å². The van der Waals surface area contributed by atoms with Crippen LogP contribution in [0.3, 0.4) is 0 Å². The van der Waals surface area contributed by atoms with E-state index >= 15 is 0 Å². The second-order valence-electron chi connectivity index (χ2n) is 3.92. The average molecular weight is 531 g/mol. The first-order valence-electron chi connectivity index (χ1n) is 4.96. The Hall–Kier alpha value is 2.48. The molecule has 0 spiro atoms. The van der Waals surface area contributed by atoms with E-state index in [1.165, 1.54) is 0 Å². The molecular weight excluding hydrogens is 510 g/mol. The number of allylic oxidation sites excluding steroid dienone is 1. The van der Waals surface area contributed by atoms with Crippen LogP contribution in [0.4, 0.5) is 0 Å². The normalized spacial score (nSPS) is 10.6. The second kappa shape index (κ2) is 14.9. The van der Waals surface area contributed by atoms with Crippen LogP contribution in [-0.2, 0) is 0 Å². The third-order valence-corrected chi connectivity index (χ3v) is 4.34. The summed E-state index contributed by atoms with van der Waals surface area (Å²) in [6, 6.07) is -1.54. The first-order chi connectivity index (χ1) is 7.47. The summed E-state index contributed by atoms with van der Waals surface area (Å²) in [5.74, 6) is 0. The van der Waals surface area contributed by atoms with Gasteiger partial charge in [0.15, 0.2) is 0 Å². The molecule has 0 aliphatic heterocycles. The Morgan fingerprint density at radius 2 is 1.41 bits per heavy atom. The minimum absolute atomic E-state index is 0.753. The van der Waals surface area contributed by atoms with Crippen molar-refractivity contribution in [1.29, 1.82) is 0 Å². The predicted octanol–water partition coefficient (Wildman–Crippen LogP) is 7.21. The zero-order valence-electron chi connectivity index (χ0n) is 10.4. The molecule has 0 aromatic heterocycles.